The molecule has 2 aromatic rings. The second-order valence-electron chi connectivity index (χ2n) is 3.73. The molecule has 0 atom stereocenters. The molecule has 2 rings (SSSR count). The molecular formula is C14H14BrN. The largest absolute Gasteiger partial charge is 0.316 e. The van der Waals surface area contributed by atoms with Gasteiger partial charge in [0.25, 0.3) is 0 Å². The van der Waals surface area contributed by atoms with Gasteiger partial charge in [0.1, 0.15) is 0 Å². The SMILES string of the molecule is CNCc1ccc(-c2ccc(Br)cc2)cc1. The highest BCUT2D eigenvalue weighted by atomic mass is 79.9. The van der Waals surface area contributed by atoms with Crippen LogP contribution in [-0.4, -0.2) is 7.05 Å². The topological polar surface area (TPSA) is 12.0 Å². The van der Waals surface area contributed by atoms with Crippen LogP contribution in [0.3, 0.4) is 0 Å². The molecule has 0 amide bonds. The van der Waals surface area contributed by atoms with E-state index in [9.17, 15) is 0 Å². The molecule has 1 N–H and O–H groups in total. The van der Waals surface area contributed by atoms with E-state index in [0.717, 1.165) is 11.0 Å². The molecule has 0 saturated heterocycles. The van der Waals surface area contributed by atoms with E-state index in [-0.39, 0.29) is 0 Å². The van der Waals surface area contributed by atoms with E-state index in [2.05, 4.69) is 69.8 Å². The minimum absolute atomic E-state index is 0.917. The Balaban J connectivity index is 2.24. The van der Waals surface area contributed by atoms with Crippen LogP contribution >= 0.6 is 15.9 Å². The molecule has 1 nitrogen and oxygen atoms in total. The summed E-state index contributed by atoms with van der Waals surface area (Å²) in [5.74, 6) is 0. The van der Waals surface area contributed by atoms with Crippen molar-refractivity contribution >= 4 is 15.9 Å². The Labute approximate surface area is 105 Å². The molecule has 0 aliphatic heterocycles. The van der Waals surface area contributed by atoms with E-state index >= 15 is 0 Å². The van der Waals surface area contributed by atoms with Crippen LogP contribution in [0.2, 0.25) is 0 Å². The van der Waals surface area contributed by atoms with Crippen LogP contribution in [0.15, 0.2) is 53.0 Å². The smallest absolute Gasteiger partial charge is 0.0202 e. The zero-order valence-corrected chi connectivity index (χ0v) is 10.8. The molecule has 0 aliphatic rings. The number of hydrogen-bond donors (Lipinski definition) is 1. The summed E-state index contributed by atoms with van der Waals surface area (Å²) in [6.45, 7) is 0.917. The highest BCUT2D eigenvalue weighted by Gasteiger charge is 1.97. The maximum atomic E-state index is 3.44. The lowest BCUT2D eigenvalue weighted by Gasteiger charge is -2.04. The molecule has 0 saturated carbocycles. The average Bonchev–Trinajstić information content (AvgIpc) is 2.32. The Hall–Kier alpha value is -1.12. The molecule has 0 unspecified atom stereocenters. The fourth-order valence-corrected chi connectivity index (χ4v) is 1.93. The van der Waals surface area contributed by atoms with Crippen LogP contribution in [0.1, 0.15) is 5.56 Å². The maximum Gasteiger partial charge on any atom is 0.0202 e. The Morgan fingerprint density at radius 3 is 1.88 bits per heavy atom. The Kier molecular flexibility index (Phi) is 3.75. The summed E-state index contributed by atoms with van der Waals surface area (Å²) >= 11 is 3.44. The molecule has 0 spiro atoms. The lowest BCUT2D eigenvalue weighted by molar-refractivity contribution is 0.818. The second kappa shape index (κ2) is 5.28. The fraction of sp³-hybridized carbons (Fsp3) is 0.143. The van der Waals surface area contributed by atoms with E-state index in [1.54, 1.807) is 0 Å². The summed E-state index contributed by atoms with van der Waals surface area (Å²) in [7, 11) is 1.96. The third kappa shape index (κ3) is 2.71. The van der Waals surface area contributed by atoms with Crippen LogP contribution in [-0.2, 0) is 6.54 Å². The van der Waals surface area contributed by atoms with Gasteiger partial charge in [-0.05, 0) is 35.9 Å². The van der Waals surface area contributed by atoms with Gasteiger partial charge in [-0.25, -0.2) is 0 Å². The number of halogens is 1. The predicted octanol–water partition coefficient (Wildman–Crippen LogP) is 3.84. The van der Waals surface area contributed by atoms with E-state index in [0.29, 0.717) is 0 Å². The van der Waals surface area contributed by atoms with Gasteiger partial charge in [0.05, 0.1) is 0 Å². The minimum atomic E-state index is 0.917. The minimum Gasteiger partial charge on any atom is -0.316 e. The van der Waals surface area contributed by atoms with Crippen molar-refractivity contribution < 1.29 is 0 Å². The summed E-state index contributed by atoms with van der Waals surface area (Å²) in [5, 5.41) is 3.14. The first-order valence-corrected chi connectivity index (χ1v) is 6.08. The number of nitrogens with one attached hydrogen (secondary N) is 1. The van der Waals surface area contributed by atoms with Crippen LogP contribution in [0.5, 0.6) is 0 Å². The van der Waals surface area contributed by atoms with Gasteiger partial charge in [-0.1, -0.05) is 52.3 Å². The van der Waals surface area contributed by atoms with Gasteiger partial charge >= 0.3 is 0 Å². The molecule has 2 heteroatoms. The number of rotatable bonds is 3. The van der Waals surface area contributed by atoms with Gasteiger partial charge in [-0.3, -0.25) is 0 Å². The van der Waals surface area contributed by atoms with Crippen molar-refractivity contribution in [3.63, 3.8) is 0 Å². The van der Waals surface area contributed by atoms with Gasteiger partial charge in [-0.2, -0.15) is 0 Å². The lowest BCUT2D eigenvalue weighted by atomic mass is 10.0. The van der Waals surface area contributed by atoms with Crippen LogP contribution < -0.4 is 5.32 Å². The quantitative estimate of drug-likeness (QED) is 0.898. The standard InChI is InChI=1S/C14H14BrN/c1-16-10-11-2-4-12(5-3-11)13-6-8-14(15)9-7-13/h2-9,16H,10H2,1H3. The predicted molar refractivity (Wildman–Crippen MR) is 72.3 cm³/mol. The van der Waals surface area contributed by atoms with Crippen molar-refractivity contribution in [2.45, 2.75) is 6.54 Å². The van der Waals surface area contributed by atoms with Crippen LogP contribution in [0.25, 0.3) is 11.1 Å². The molecule has 0 aromatic heterocycles. The summed E-state index contributed by atoms with van der Waals surface area (Å²) in [6.07, 6.45) is 0. The first kappa shape index (κ1) is 11.4. The summed E-state index contributed by atoms with van der Waals surface area (Å²) in [5.41, 5.74) is 3.81. The highest BCUT2D eigenvalue weighted by molar-refractivity contribution is 9.10. The van der Waals surface area contributed by atoms with E-state index in [1.807, 2.05) is 7.05 Å². The molecule has 82 valence electrons. The third-order valence-corrected chi connectivity index (χ3v) is 3.04. The number of hydrogen-bond acceptors (Lipinski definition) is 1. The van der Waals surface area contributed by atoms with E-state index < -0.39 is 0 Å². The van der Waals surface area contributed by atoms with Crippen molar-refractivity contribution in [1.82, 2.24) is 5.32 Å². The molecule has 16 heavy (non-hydrogen) atoms. The fourth-order valence-electron chi connectivity index (χ4n) is 1.66. The maximum absolute atomic E-state index is 3.44. The molecule has 0 heterocycles. The van der Waals surface area contributed by atoms with Gasteiger partial charge in [0, 0.05) is 11.0 Å². The second-order valence-corrected chi connectivity index (χ2v) is 4.65. The molecule has 0 radical (unpaired) electrons. The van der Waals surface area contributed by atoms with Gasteiger partial charge in [0.2, 0.25) is 0 Å². The Bertz CT molecular complexity index is 445. The van der Waals surface area contributed by atoms with Gasteiger partial charge < -0.3 is 5.32 Å². The molecular weight excluding hydrogens is 262 g/mol. The summed E-state index contributed by atoms with van der Waals surface area (Å²) in [4.78, 5) is 0. The monoisotopic (exact) mass is 275 g/mol. The first-order valence-electron chi connectivity index (χ1n) is 5.29. The van der Waals surface area contributed by atoms with Gasteiger partial charge in [-0.15, -0.1) is 0 Å². The van der Waals surface area contributed by atoms with Crippen molar-refractivity contribution in [1.29, 1.82) is 0 Å². The van der Waals surface area contributed by atoms with E-state index in [4.69, 9.17) is 0 Å². The van der Waals surface area contributed by atoms with Crippen molar-refractivity contribution in [2.24, 2.45) is 0 Å². The Morgan fingerprint density at radius 2 is 1.38 bits per heavy atom. The van der Waals surface area contributed by atoms with Crippen molar-refractivity contribution in [3.8, 4) is 11.1 Å². The zero-order chi connectivity index (χ0) is 11.4. The molecule has 0 aliphatic carbocycles. The highest BCUT2D eigenvalue weighted by Crippen LogP contribution is 2.21. The van der Waals surface area contributed by atoms with E-state index in [1.165, 1.54) is 16.7 Å². The van der Waals surface area contributed by atoms with Crippen molar-refractivity contribution in [2.75, 3.05) is 7.05 Å². The first-order chi connectivity index (χ1) is 7.79. The molecule has 2 aromatic carbocycles. The third-order valence-electron chi connectivity index (χ3n) is 2.51. The number of benzene rings is 2. The Morgan fingerprint density at radius 1 is 0.875 bits per heavy atom. The normalized spacial score (nSPS) is 10.4. The lowest BCUT2D eigenvalue weighted by Crippen LogP contribution is -2.04. The van der Waals surface area contributed by atoms with Crippen LogP contribution in [0.4, 0.5) is 0 Å². The summed E-state index contributed by atoms with van der Waals surface area (Å²) in [6, 6.07) is 17.0. The molecule has 0 fully saturated rings. The summed E-state index contributed by atoms with van der Waals surface area (Å²) < 4.78 is 1.11. The molecule has 0 bridgehead atoms. The van der Waals surface area contributed by atoms with Crippen molar-refractivity contribution in [3.05, 3.63) is 58.6 Å². The van der Waals surface area contributed by atoms with Gasteiger partial charge in [0.15, 0.2) is 0 Å². The van der Waals surface area contributed by atoms with Crippen LogP contribution in [0, 0.1) is 0 Å². The average molecular weight is 276 g/mol. The zero-order valence-electron chi connectivity index (χ0n) is 9.20.